The lowest BCUT2D eigenvalue weighted by Gasteiger charge is -2.48. The molecule has 1 aromatic carbocycles. The number of H-pyrrole nitrogens is 2. The van der Waals surface area contributed by atoms with E-state index in [1.54, 1.807) is 6.20 Å². The summed E-state index contributed by atoms with van der Waals surface area (Å²) in [5.74, 6) is 1.69. The zero-order valence-electron chi connectivity index (χ0n) is 21.5. The van der Waals surface area contributed by atoms with Crippen molar-refractivity contribution in [2.45, 2.75) is 51.2 Å². The van der Waals surface area contributed by atoms with E-state index in [1.807, 2.05) is 24.7 Å². The summed E-state index contributed by atoms with van der Waals surface area (Å²) in [4.78, 5) is 23.3. The lowest BCUT2D eigenvalue weighted by molar-refractivity contribution is 0.0589. The minimum absolute atomic E-state index is 0.536. The van der Waals surface area contributed by atoms with Gasteiger partial charge in [0.1, 0.15) is 11.6 Å². The van der Waals surface area contributed by atoms with Crippen molar-refractivity contribution in [2.75, 3.05) is 37.6 Å². The van der Waals surface area contributed by atoms with E-state index < -0.39 is 0 Å². The van der Waals surface area contributed by atoms with E-state index in [2.05, 4.69) is 60.8 Å². The van der Waals surface area contributed by atoms with E-state index in [1.165, 1.54) is 42.1 Å². The molecule has 2 saturated heterocycles. The van der Waals surface area contributed by atoms with Gasteiger partial charge in [0, 0.05) is 74.1 Å². The van der Waals surface area contributed by atoms with Crippen molar-refractivity contribution >= 4 is 28.3 Å². The van der Waals surface area contributed by atoms with E-state index in [-0.39, 0.29) is 0 Å². The van der Waals surface area contributed by atoms with Gasteiger partial charge in [0.2, 0.25) is 0 Å². The van der Waals surface area contributed by atoms with E-state index in [0.29, 0.717) is 17.1 Å². The van der Waals surface area contributed by atoms with Crippen molar-refractivity contribution in [3.8, 4) is 11.4 Å². The average Bonchev–Trinajstić information content (AvgIpc) is 3.62. The molecule has 5 heterocycles. The number of piperidine rings is 1. The second-order valence-electron chi connectivity index (χ2n) is 10.5. The van der Waals surface area contributed by atoms with Crippen LogP contribution in [0.4, 0.5) is 5.82 Å². The second kappa shape index (κ2) is 10.9. The SMILES string of the molecule is CCC[C@H]1CN(c2ncc(-c3ncc[nH]3)cc2Cl)CCN1C1CCN(Cc2ccc3[nH]ccc3c2)CC1. The van der Waals surface area contributed by atoms with E-state index in [0.717, 1.165) is 56.5 Å². The van der Waals surface area contributed by atoms with Gasteiger partial charge in [-0.05, 0) is 67.6 Å². The standard InChI is InChI=1S/C29H36ClN7/c1-2-3-25-20-36(29-26(30)17-23(18-34-29)28-32-10-11-33-28)14-15-37(25)24-7-12-35(13-8-24)19-21-4-5-27-22(16-21)6-9-31-27/h4-6,9-11,16-18,24-25,31H,2-3,7-8,12-15,19-20H2,1H3,(H,32,33)/t25-/m0/s1. The lowest BCUT2D eigenvalue weighted by Crippen LogP contribution is -2.58. The third-order valence-electron chi connectivity index (χ3n) is 8.09. The molecule has 37 heavy (non-hydrogen) atoms. The molecule has 3 aromatic heterocycles. The number of aromatic amines is 2. The molecule has 0 aliphatic carbocycles. The monoisotopic (exact) mass is 517 g/mol. The molecule has 0 saturated carbocycles. The number of nitrogens with one attached hydrogen (secondary N) is 2. The fourth-order valence-electron chi connectivity index (χ4n) is 6.22. The molecule has 2 fully saturated rings. The minimum atomic E-state index is 0.536. The predicted molar refractivity (Wildman–Crippen MR) is 151 cm³/mol. The van der Waals surface area contributed by atoms with Crippen LogP contribution in [0, 0.1) is 0 Å². The fraction of sp³-hybridized carbons (Fsp3) is 0.448. The number of benzene rings is 1. The Bertz CT molecular complexity index is 1310. The Labute approximate surface area is 223 Å². The largest absolute Gasteiger partial charge is 0.361 e. The van der Waals surface area contributed by atoms with Gasteiger partial charge in [-0.2, -0.15) is 0 Å². The number of fused-ring (bicyclic) bond motifs is 1. The molecule has 0 radical (unpaired) electrons. The molecule has 6 rings (SSSR count). The molecule has 2 N–H and O–H groups in total. The summed E-state index contributed by atoms with van der Waals surface area (Å²) in [6.45, 7) is 8.68. The van der Waals surface area contributed by atoms with E-state index in [4.69, 9.17) is 16.6 Å². The maximum atomic E-state index is 6.73. The van der Waals surface area contributed by atoms with Crippen LogP contribution < -0.4 is 4.90 Å². The smallest absolute Gasteiger partial charge is 0.147 e. The van der Waals surface area contributed by atoms with Gasteiger partial charge < -0.3 is 14.9 Å². The van der Waals surface area contributed by atoms with Crippen LogP contribution in [0.1, 0.15) is 38.2 Å². The van der Waals surface area contributed by atoms with Crippen LogP contribution in [0.2, 0.25) is 5.02 Å². The number of hydrogen-bond acceptors (Lipinski definition) is 5. The Morgan fingerprint density at radius 3 is 2.68 bits per heavy atom. The maximum absolute atomic E-state index is 6.73. The summed E-state index contributed by atoms with van der Waals surface area (Å²) in [6, 6.07) is 12.1. The molecular formula is C29H36ClN7. The fourth-order valence-corrected chi connectivity index (χ4v) is 6.50. The zero-order chi connectivity index (χ0) is 25.2. The van der Waals surface area contributed by atoms with Crippen molar-refractivity contribution in [1.29, 1.82) is 0 Å². The first-order chi connectivity index (χ1) is 18.2. The molecule has 4 aromatic rings. The third kappa shape index (κ3) is 5.26. The number of pyridine rings is 1. The van der Waals surface area contributed by atoms with Gasteiger partial charge in [-0.3, -0.25) is 9.80 Å². The topological polar surface area (TPSA) is 67.1 Å². The molecule has 0 spiro atoms. The number of anilines is 1. The van der Waals surface area contributed by atoms with Gasteiger partial charge in [0.25, 0.3) is 0 Å². The van der Waals surface area contributed by atoms with Gasteiger partial charge in [0.05, 0.1) is 5.02 Å². The highest BCUT2D eigenvalue weighted by atomic mass is 35.5. The van der Waals surface area contributed by atoms with Crippen LogP contribution in [0.5, 0.6) is 0 Å². The van der Waals surface area contributed by atoms with Gasteiger partial charge in [-0.15, -0.1) is 0 Å². The molecule has 1 atom stereocenters. The molecule has 2 aliphatic rings. The normalized spacial score (nSPS) is 20.2. The number of nitrogens with zero attached hydrogens (tertiary/aromatic N) is 5. The molecular weight excluding hydrogens is 482 g/mol. The van der Waals surface area contributed by atoms with Crippen LogP contribution in [0.25, 0.3) is 22.3 Å². The first-order valence-electron chi connectivity index (χ1n) is 13.6. The minimum Gasteiger partial charge on any atom is -0.361 e. The van der Waals surface area contributed by atoms with Gasteiger partial charge >= 0.3 is 0 Å². The summed E-state index contributed by atoms with van der Waals surface area (Å²) in [5, 5.41) is 2.00. The van der Waals surface area contributed by atoms with Crippen molar-refractivity contribution in [3.05, 3.63) is 65.7 Å². The van der Waals surface area contributed by atoms with E-state index in [9.17, 15) is 0 Å². The molecule has 0 amide bonds. The number of imidazole rings is 1. The highest BCUT2D eigenvalue weighted by Crippen LogP contribution is 2.31. The third-order valence-corrected chi connectivity index (χ3v) is 8.37. The first-order valence-corrected chi connectivity index (χ1v) is 14.0. The van der Waals surface area contributed by atoms with Gasteiger partial charge in [-0.1, -0.05) is 31.0 Å². The highest BCUT2D eigenvalue weighted by molar-refractivity contribution is 6.33. The van der Waals surface area contributed by atoms with Crippen LogP contribution >= 0.6 is 11.6 Å². The summed E-state index contributed by atoms with van der Waals surface area (Å²) in [6.07, 6.45) is 12.3. The maximum Gasteiger partial charge on any atom is 0.147 e. The number of rotatable bonds is 7. The number of likely N-dealkylation sites (tertiary alicyclic amines) is 1. The Hall–Kier alpha value is -2.87. The summed E-state index contributed by atoms with van der Waals surface area (Å²) in [5.41, 5.74) is 3.54. The predicted octanol–water partition coefficient (Wildman–Crippen LogP) is 5.56. The molecule has 194 valence electrons. The Morgan fingerprint density at radius 2 is 1.89 bits per heavy atom. The quantitative estimate of drug-likeness (QED) is 0.336. The summed E-state index contributed by atoms with van der Waals surface area (Å²) < 4.78 is 0. The van der Waals surface area contributed by atoms with Crippen molar-refractivity contribution in [2.24, 2.45) is 0 Å². The van der Waals surface area contributed by atoms with Gasteiger partial charge in [-0.25, -0.2) is 9.97 Å². The van der Waals surface area contributed by atoms with E-state index >= 15 is 0 Å². The number of piperazine rings is 1. The molecule has 2 aliphatic heterocycles. The van der Waals surface area contributed by atoms with Crippen molar-refractivity contribution < 1.29 is 0 Å². The number of aromatic nitrogens is 4. The van der Waals surface area contributed by atoms with Crippen LogP contribution in [0.15, 0.2) is 55.1 Å². The zero-order valence-corrected chi connectivity index (χ0v) is 22.3. The Morgan fingerprint density at radius 1 is 1.00 bits per heavy atom. The average molecular weight is 518 g/mol. The first kappa shape index (κ1) is 24.5. The van der Waals surface area contributed by atoms with Crippen LogP contribution in [0.3, 0.4) is 0 Å². The molecule has 0 unspecified atom stereocenters. The summed E-state index contributed by atoms with van der Waals surface area (Å²) in [7, 11) is 0. The Kier molecular flexibility index (Phi) is 7.18. The summed E-state index contributed by atoms with van der Waals surface area (Å²) >= 11 is 6.73. The molecule has 8 heteroatoms. The van der Waals surface area contributed by atoms with Gasteiger partial charge in [0.15, 0.2) is 0 Å². The van der Waals surface area contributed by atoms with Crippen molar-refractivity contribution in [1.82, 2.24) is 29.7 Å². The molecule has 0 bridgehead atoms. The Balaban J connectivity index is 1.08. The van der Waals surface area contributed by atoms with Crippen LogP contribution in [-0.2, 0) is 6.54 Å². The molecule has 7 nitrogen and oxygen atoms in total. The number of hydrogen-bond donors (Lipinski definition) is 2. The lowest BCUT2D eigenvalue weighted by atomic mass is 9.97. The van der Waals surface area contributed by atoms with Crippen LogP contribution in [-0.4, -0.2) is 74.5 Å². The van der Waals surface area contributed by atoms with Crippen molar-refractivity contribution in [3.63, 3.8) is 0 Å². The highest BCUT2D eigenvalue weighted by Gasteiger charge is 2.34. The second-order valence-corrected chi connectivity index (χ2v) is 10.9. The number of halogens is 1.